The van der Waals surface area contributed by atoms with E-state index in [0.29, 0.717) is 16.8 Å². The molecule has 1 atom stereocenters. The zero-order chi connectivity index (χ0) is 16.7. The van der Waals surface area contributed by atoms with Crippen molar-refractivity contribution in [3.63, 3.8) is 0 Å². The third-order valence-electron chi connectivity index (χ3n) is 5.41. The average molecular weight is 326 g/mol. The van der Waals surface area contributed by atoms with Gasteiger partial charge in [-0.25, -0.2) is 4.98 Å². The van der Waals surface area contributed by atoms with Crippen molar-refractivity contribution in [2.75, 3.05) is 13.1 Å². The minimum Gasteiger partial charge on any atom is -0.341 e. The molecule has 6 heteroatoms. The van der Waals surface area contributed by atoms with Crippen LogP contribution in [-0.2, 0) is 4.79 Å². The molecule has 1 aliphatic carbocycles. The van der Waals surface area contributed by atoms with Crippen LogP contribution in [0.3, 0.4) is 0 Å². The van der Waals surface area contributed by atoms with Crippen LogP contribution in [0.4, 0.5) is 0 Å². The first-order chi connectivity index (χ1) is 11.6. The predicted octanol–water partition coefficient (Wildman–Crippen LogP) is 1.86. The Morgan fingerprint density at radius 2 is 1.96 bits per heavy atom. The third-order valence-corrected chi connectivity index (χ3v) is 5.41. The van der Waals surface area contributed by atoms with Crippen LogP contribution < -0.4 is 5.32 Å². The molecule has 2 amide bonds. The molecule has 1 N–H and O–H groups in total. The maximum atomic E-state index is 12.6. The highest BCUT2D eigenvalue weighted by Gasteiger charge is 2.45. The topological polar surface area (TPSA) is 66.7 Å². The fourth-order valence-corrected chi connectivity index (χ4v) is 3.53. The van der Waals surface area contributed by atoms with Crippen molar-refractivity contribution in [1.82, 2.24) is 19.6 Å². The molecule has 2 aromatic heterocycles. The summed E-state index contributed by atoms with van der Waals surface area (Å²) in [6.07, 6.45) is 8.36. The van der Waals surface area contributed by atoms with Gasteiger partial charge in [-0.15, -0.1) is 0 Å². The number of hydrogen-bond donors (Lipinski definition) is 1. The van der Waals surface area contributed by atoms with Crippen molar-refractivity contribution in [2.24, 2.45) is 5.41 Å². The summed E-state index contributed by atoms with van der Waals surface area (Å²) in [4.78, 5) is 31.1. The van der Waals surface area contributed by atoms with Crippen LogP contribution in [0.25, 0.3) is 5.65 Å². The van der Waals surface area contributed by atoms with Gasteiger partial charge in [0.1, 0.15) is 17.4 Å². The second-order valence-electron chi connectivity index (χ2n) is 7.11. The van der Waals surface area contributed by atoms with Crippen molar-refractivity contribution in [3.05, 3.63) is 36.3 Å². The summed E-state index contributed by atoms with van der Waals surface area (Å²) in [6, 6.07) is 5.06. The number of pyridine rings is 1. The first-order valence-corrected chi connectivity index (χ1v) is 8.60. The summed E-state index contributed by atoms with van der Waals surface area (Å²) in [6.45, 7) is 3.37. The SMILES string of the molecule is C[C@@H](NC(=O)c1cn2ccccc2n1)C(=O)N1CCC2(CC1)CC2. The summed E-state index contributed by atoms with van der Waals surface area (Å²) in [7, 11) is 0. The molecule has 0 bridgehead atoms. The van der Waals surface area contributed by atoms with Crippen LogP contribution in [0.1, 0.15) is 43.1 Å². The number of imidazole rings is 1. The number of piperidine rings is 1. The second-order valence-corrected chi connectivity index (χ2v) is 7.11. The fourth-order valence-electron chi connectivity index (χ4n) is 3.53. The van der Waals surface area contributed by atoms with Crippen LogP contribution in [0.2, 0.25) is 0 Å². The zero-order valence-electron chi connectivity index (χ0n) is 13.9. The third kappa shape index (κ3) is 2.77. The highest BCUT2D eigenvalue weighted by Crippen LogP contribution is 2.53. The number of rotatable bonds is 3. The number of carbonyl (C=O) groups excluding carboxylic acids is 2. The van der Waals surface area contributed by atoms with Crippen molar-refractivity contribution in [3.8, 4) is 0 Å². The maximum absolute atomic E-state index is 12.6. The molecule has 0 aromatic carbocycles. The lowest BCUT2D eigenvalue weighted by atomic mass is 9.93. The molecule has 1 spiro atoms. The van der Waals surface area contributed by atoms with Gasteiger partial charge in [0.2, 0.25) is 5.91 Å². The van der Waals surface area contributed by atoms with Crippen LogP contribution in [-0.4, -0.2) is 45.2 Å². The normalized spacial score (nSPS) is 20.1. The van der Waals surface area contributed by atoms with E-state index in [2.05, 4.69) is 10.3 Å². The van der Waals surface area contributed by atoms with Gasteiger partial charge < -0.3 is 14.6 Å². The lowest BCUT2D eigenvalue weighted by Gasteiger charge is -2.33. The molecule has 4 rings (SSSR count). The Kier molecular flexibility index (Phi) is 3.55. The molecule has 2 aromatic rings. The number of likely N-dealkylation sites (tertiary alicyclic amines) is 1. The molecule has 2 aliphatic rings. The number of amides is 2. The van der Waals surface area contributed by atoms with Gasteiger partial charge in [-0.3, -0.25) is 9.59 Å². The van der Waals surface area contributed by atoms with E-state index in [1.54, 1.807) is 17.5 Å². The van der Waals surface area contributed by atoms with Gasteiger partial charge in [-0.05, 0) is 50.2 Å². The molecular formula is C18H22N4O2. The molecule has 126 valence electrons. The Hall–Kier alpha value is -2.37. The summed E-state index contributed by atoms with van der Waals surface area (Å²) >= 11 is 0. The Labute approximate surface area is 140 Å². The molecule has 1 aliphatic heterocycles. The lowest BCUT2D eigenvalue weighted by Crippen LogP contribution is -2.49. The highest BCUT2D eigenvalue weighted by molar-refractivity contribution is 5.96. The molecule has 1 saturated carbocycles. The lowest BCUT2D eigenvalue weighted by molar-refractivity contribution is -0.134. The minimum absolute atomic E-state index is 0.00242. The molecule has 0 radical (unpaired) electrons. The quantitative estimate of drug-likeness (QED) is 0.936. The first-order valence-electron chi connectivity index (χ1n) is 8.60. The molecule has 0 unspecified atom stereocenters. The smallest absolute Gasteiger partial charge is 0.272 e. The predicted molar refractivity (Wildman–Crippen MR) is 89.6 cm³/mol. The van der Waals surface area contributed by atoms with Gasteiger partial charge in [0, 0.05) is 25.5 Å². The summed E-state index contributed by atoms with van der Waals surface area (Å²) in [5.74, 6) is -0.308. The number of carbonyl (C=O) groups is 2. The van der Waals surface area contributed by atoms with Crippen LogP contribution in [0.15, 0.2) is 30.6 Å². The highest BCUT2D eigenvalue weighted by atomic mass is 16.2. The summed E-state index contributed by atoms with van der Waals surface area (Å²) in [5, 5.41) is 2.78. The number of nitrogens with zero attached hydrogens (tertiary/aromatic N) is 3. The number of nitrogens with one attached hydrogen (secondary N) is 1. The minimum atomic E-state index is -0.532. The summed E-state index contributed by atoms with van der Waals surface area (Å²) < 4.78 is 1.79. The van der Waals surface area contributed by atoms with E-state index in [9.17, 15) is 9.59 Å². The standard InChI is InChI=1S/C18H22N4O2/c1-13(17(24)21-10-7-18(5-6-18)8-11-21)19-16(23)14-12-22-9-3-2-4-15(22)20-14/h2-4,9,12-13H,5-8,10-11H2,1H3,(H,19,23)/t13-/m1/s1. The van der Waals surface area contributed by atoms with Gasteiger partial charge in [0.05, 0.1) is 0 Å². The van der Waals surface area contributed by atoms with Gasteiger partial charge >= 0.3 is 0 Å². The number of hydrogen-bond acceptors (Lipinski definition) is 3. The maximum Gasteiger partial charge on any atom is 0.272 e. The Morgan fingerprint density at radius 3 is 2.62 bits per heavy atom. The Bertz CT molecular complexity index is 750. The van der Waals surface area contributed by atoms with E-state index < -0.39 is 6.04 Å². The molecule has 3 heterocycles. The number of aromatic nitrogens is 2. The largest absolute Gasteiger partial charge is 0.341 e. The average Bonchev–Trinajstić information content (AvgIpc) is 3.20. The fraction of sp³-hybridized carbons (Fsp3) is 0.500. The monoisotopic (exact) mass is 326 g/mol. The van der Waals surface area contributed by atoms with Gasteiger partial charge in [-0.1, -0.05) is 6.07 Å². The van der Waals surface area contributed by atoms with Crippen molar-refractivity contribution in [2.45, 2.75) is 38.6 Å². The van der Waals surface area contributed by atoms with E-state index in [4.69, 9.17) is 0 Å². The van der Waals surface area contributed by atoms with E-state index >= 15 is 0 Å². The number of fused-ring (bicyclic) bond motifs is 1. The Morgan fingerprint density at radius 1 is 1.21 bits per heavy atom. The van der Waals surface area contributed by atoms with Gasteiger partial charge in [0.25, 0.3) is 5.91 Å². The van der Waals surface area contributed by atoms with Crippen molar-refractivity contribution < 1.29 is 9.59 Å². The van der Waals surface area contributed by atoms with Crippen molar-refractivity contribution in [1.29, 1.82) is 0 Å². The molecule has 24 heavy (non-hydrogen) atoms. The molecule has 2 fully saturated rings. The molecule has 1 saturated heterocycles. The Balaban J connectivity index is 1.38. The van der Waals surface area contributed by atoms with Crippen LogP contribution in [0, 0.1) is 5.41 Å². The van der Waals surface area contributed by atoms with Crippen molar-refractivity contribution >= 4 is 17.5 Å². The zero-order valence-corrected chi connectivity index (χ0v) is 13.9. The first kappa shape index (κ1) is 15.2. The van der Waals surface area contributed by atoms with Crippen LogP contribution in [0.5, 0.6) is 0 Å². The van der Waals surface area contributed by atoms with E-state index in [0.717, 1.165) is 25.9 Å². The second kappa shape index (κ2) is 5.61. The van der Waals surface area contributed by atoms with E-state index in [1.807, 2.05) is 29.3 Å². The van der Waals surface area contributed by atoms with Crippen LogP contribution >= 0.6 is 0 Å². The van der Waals surface area contributed by atoms with Gasteiger partial charge in [0.15, 0.2) is 0 Å². The van der Waals surface area contributed by atoms with Gasteiger partial charge in [-0.2, -0.15) is 0 Å². The summed E-state index contributed by atoms with van der Waals surface area (Å²) in [5.41, 5.74) is 1.59. The van der Waals surface area contributed by atoms with E-state index in [-0.39, 0.29) is 11.8 Å². The molecule has 6 nitrogen and oxygen atoms in total. The molecular weight excluding hydrogens is 304 g/mol. The van der Waals surface area contributed by atoms with E-state index in [1.165, 1.54) is 12.8 Å².